The average Bonchev–Trinajstić information content (AvgIpc) is 2.86. The highest BCUT2D eigenvalue weighted by Crippen LogP contribution is 2.44. The van der Waals surface area contributed by atoms with Crippen LogP contribution in [0.15, 0.2) is 64.4 Å². The Kier molecular flexibility index (Phi) is 9.38. The third kappa shape index (κ3) is 6.58. The quantitative estimate of drug-likeness (QED) is 0.318. The molecule has 192 valence electrons. The summed E-state index contributed by atoms with van der Waals surface area (Å²) in [5.74, 6) is -0.413. The Labute approximate surface area is 218 Å². The number of ether oxygens (including phenoxy) is 3. The van der Waals surface area contributed by atoms with E-state index in [2.05, 4.69) is 10.6 Å². The molecule has 0 atom stereocenters. The number of anilines is 2. The lowest BCUT2D eigenvalue weighted by Gasteiger charge is -2.18. The van der Waals surface area contributed by atoms with E-state index in [9.17, 15) is 17.6 Å². The third-order valence-corrected chi connectivity index (χ3v) is 7.71. The molecule has 0 heterocycles. The molecule has 0 radical (unpaired) electrons. The fourth-order valence-corrected chi connectivity index (χ4v) is 5.57. The van der Waals surface area contributed by atoms with Crippen molar-refractivity contribution >= 4 is 50.3 Å². The van der Waals surface area contributed by atoms with Crippen molar-refractivity contribution < 1.29 is 31.8 Å². The average molecular weight is 557 g/mol. The lowest BCUT2D eigenvalue weighted by atomic mass is 10.2. The molecule has 3 aromatic rings. The van der Waals surface area contributed by atoms with E-state index >= 15 is 0 Å². The lowest BCUT2D eigenvalue weighted by Crippen LogP contribution is -2.22. The van der Waals surface area contributed by atoms with Crippen LogP contribution in [0.2, 0.25) is 10.0 Å². The largest absolute Gasteiger partial charge is 0.497 e. The molecular weight excluding hydrogens is 534 g/mol. The number of amides is 1. The summed E-state index contributed by atoms with van der Waals surface area (Å²) in [6, 6.07) is 12.3. The Bertz CT molecular complexity index is 1320. The number of hydrogen-bond acceptors (Lipinski definition) is 7. The first kappa shape index (κ1) is 27.5. The molecule has 0 unspecified atom stereocenters. The summed E-state index contributed by atoms with van der Waals surface area (Å²) in [6.45, 7) is 0.0327. The number of rotatable bonds is 11. The van der Waals surface area contributed by atoms with Gasteiger partial charge in [-0.2, -0.15) is 0 Å². The maximum absolute atomic E-state index is 13.5. The maximum atomic E-state index is 13.5. The van der Waals surface area contributed by atoms with Crippen LogP contribution in [0.25, 0.3) is 0 Å². The molecule has 0 bridgehead atoms. The first-order valence-electron chi connectivity index (χ1n) is 10.5. The molecule has 0 saturated carbocycles. The summed E-state index contributed by atoms with van der Waals surface area (Å²) in [5.41, 5.74) is 0.492. The second-order valence-corrected chi connectivity index (χ2v) is 9.95. The van der Waals surface area contributed by atoms with Crippen molar-refractivity contribution in [2.24, 2.45) is 0 Å². The van der Waals surface area contributed by atoms with Gasteiger partial charge in [0, 0.05) is 18.9 Å². The molecule has 0 saturated heterocycles. The van der Waals surface area contributed by atoms with E-state index in [0.717, 1.165) is 0 Å². The fraction of sp³-hybridized carbons (Fsp3) is 0.208. The Balaban J connectivity index is 1.94. The zero-order valence-electron chi connectivity index (χ0n) is 19.3. The van der Waals surface area contributed by atoms with Gasteiger partial charge >= 0.3 is 0 Å². The highest BCUT2D eigenvalue weighted by molar-refractivity contribution is 7.91. The van der Waals surface area contributed by atoms with Gasteiger partial charge < -0.3 is 24.8 Å². The lowest BCUT2D eigenvalue weighted by molar-refractivity contribution is -0.114. The predicted octanol–water partition coefficient (Wildman–Crippen LogP) is 5.05. The van der Waals surface area contributed by atoms with Crippen LogP contribution in [0.4, 0.5) is 15.8 Å². The van der Waals surface area contributed by atoms with Crippen molar-refractivity contribution in [3.05, 3.63) is 70.5 Å². The molecule has 3 rings (SSSR count). The Morgan fingerprint density at radius 2 is 1.64 bits per heavy atom. The minimum Gasteiger partial charge on any atom is -0.497 e. The number of carbonyl (C=O) groups excluding carboxylic acids is 1. The first-order valence-corrected chi connectivity index (χ1v) is 12.7. The summed E-state index contributed by atoms with van der Waals surface area (Å²) in [6.07, 6.45) is 0. The highest BCUT2D eigenvalue weighted by Gasteiger charge is 2.29. The Hall–Kier alpha value is -3.05. The number of benzene rings is 3. The zero-order chi connectivity index (χ0) is 26.3. The van der Waals surface area contributed by atoms with Gasteiger partial charge in [0.05, 0.1) is 35.9 Å². The van der Waals surface area contributed by atoms with Crippen LogP contribution >= 0.6 is 23.2 Å². The monoisotopic (exact) mass is 556 g/mol. The van der Waals surface area contributed by atoms with Gasteiger partial charge in [0.15, 0.2) is 0 Å². The van der Waals surface area contributed by atoms with Crippen LogP contribution in [-0.2, 0) is 19.4 Å². The van der Waals surface area contributed by atoms with Crippen molar-refractivity contribution in [2.75, 3.05) is 44.6 Å². The molecule has 0 aliphatic carbocycles. The van der Waals surface area contributed by atoms with Crippen LogP contribution < -0.4 is 20.1 Å². The van der Waals surface area contributed by atoms with Crippen molar-refractivity contribution in [1.82, 2.24) is 0 Å². The van der Waals surface area contributed by atoms with E-state index < -0.39 is 21.6 Å². The molecule has 12 heteroatoms. The second-order valence-electron chi connectivity index (χ2n) is 7.31. The third-order valence-electron chi connectivity index (χ3n) is 4.88. The van der Waals surface area contributed by atoms with Crippen LogP contribution in [0.5, 0.6) is 11.5 Å². The molecule has 0 aromatic heterocycles. The first-order chi connectivity index (χ1) is 17.2. The molecule has 0 spiro atoms. The summed E-state index contributed by atoms with van der Waals surface area (Å²) in [7, 11) is -1.25. The number of hydrogen-bond donors (Lipinski definition) is 2. The van der Waals surface area contributed by atoms with Crippen molar-refractivity contribution in [2.45, 2.75) is 9.79 Å². The molecule has 3 aromatic carbocycles. The fourth-order valence-electron chi connectivity index (χ4n) is 3.08. The van der Waals surface area contributed by atoms with Gasteiger partial charge in [-0.15, -0.1) is 0 Å². The van der Waals surface area contributed by atoms with Gasteiger partial charge in [-0.3, -0.25) is 4.79 Å². The highest BCUT2D eigenvalue weighted by atomic mass is 35.5. The van der Waals surface area contributed by atoms with E-state index in [0.29, 0.717) is 11.4 Å². The Morgan fingerprint density at radius 3 is 2.25 bits per heavy atom. The molecule has 1 amide bonds. The summed E-state index contributed by atoms with van der Waals surface area (Å²) in [5, 5.41) is 4.97. The maximum Gasteiger partial charge on any atom is 0.243 e. The van der Waals surface area contributed by atoms with Crippen molar-refractivity contribution in [1.29, 1.82) is 0 Å². The molecule has 0 aliphatic rings. The standard InChI is InChI=1S/C24H23Cl2FN2O6S/c1-33-11-12-35-20-13-19(28-14-21(30)29-16-5-3-15(27)4-6-16)22(25)24(23(20)26)36(31,32)18-9-7-17(34-2)8-10-18/h3-10,13,28H,11-12,14H2,1-2H3,(H,29,30). The SMILES string of the molecule is COCCOc1cc(NCC(=O)Nc2ccc(F)cc2)c(Cl)c(S(=O)(=O)c2ccc(OC)cc2)c1Cl. The van der Waals surface area contributed by atoms with Gasteiger partial charge in [0.1, 0.15) is 33.8 Å². The minimum absolute atomic E-state index is 0.0339. The topological polar surface area (TPSA) is 103 Å². The Morgan fingerprint density at radius 1 is 0.972 bits per heavy atom. The molecular formula is C24H23Cl2FN2O6S. The minimum atomic E-state index is -4.20. The van der Waals surface area contributed by atoms with Gasteiger partial charge in [-0.05, 0) is 48.5 Å². The number of carbonyl (C=O) groups is 1. The van der Waals surface area contributed by atoms with E-state index in [4.69, 9.17) is 37.4 Å². The predicted molar refractivity (Wildman–Crippen MR) is 136 cm³/mol. The molecule has 8 nitrogen and oxygen atoms in total. The van der Waals surface area contributed by atoms with E-state index in [1.54, 1.807) is 0 Å². The number of methoxy groups -OCH3 is 2. The van der Waals surface area contributed by atoms with Crippen molar-refractivity contribution in [3.8, 4) is 11.5 Å². The van der Waals surface area contributed by atoms with Gasteiger partial charge in [0.25, 0.3) is 0 Å². The van der Waals surface area contributed by atoms with Crippen LogP contribution in [0, 0.1) is 5.82 Å². The molecule has 0 fully saturated rings. The smallest absolute Gasteiger partial charge is 0.243 e. The zero-order valence-corrected chi connectivity index (χ0v) is 21.6. The van der Waals surface area contributed by atoms with E-state index in [-0.39, 0.29) is 51.0 Å². The normalized spacial score (nSPS) is 11.1. The van der Waals surface area contributed by atoms with E-state index in [1.807, 2.05) is 0 Å². The molecule has 2 N–H and O–H groups in total. The van der Waals surface area contributed by atoms with Crippen LogP contribution in [-0.4, -0.2) is 48.3 Å². The van der Waals surface area contributed by atoms with Gasteiger partial charge in [0.2, 0.25) is 15.7 Å². The summed E-state index contributed by atoms with van der Waals surface area (Å²) >= 11 is 12.9. The van der Waals surface area contributed by atoms with Gasteiger partial charge in [-0.25, -0.2) is 12.8 Å². The summed E-state index contributed by atoms with van der Waals surface area (Å²) in [4.78, 5) is 11.9. The summed E-state index contributed by atoms with van der Waals surface area (Å²) < 4.78 is 55.7. The second kappa shape index (κ2) is 12.3. The number of nitrogens with one attached hydrogen (secondary N) is 2. The molecule has 0 aliphatic heterocycles. The van der Waals surface area contributed by atoms with Crippen LogP contribution in [0.3, 0.4) is 0 Å². The van der Waals surface area contributed by atoms with E-state index in [1.165, 1.54) is 68.8 Å². The van der Waals surface area contributed by atoms with Gasteiger partial charge in [-0.1, -0.05) is 23.2 Å². The number of halogens is 3. The molecule has 36 heavy (non-hydrogen) atoms. The van der Waals surface area contributed by atoms with Crippen molar-refractivity contribution in [3.63, 3.8) is 0 Å². The number of sulfone groups is 1. The van der Waals surface area contributed by atoms with Crippen LogP contribution in [0.1, 0.15) is 0 Å².